The average Bonchev–Trinajstić information content (AvgIpc) is 3.09. The van der Waals surface area contributed by atoms with Crippen molar-refractivity contribution in [2.75, 3.05) is 7.11 Å². The van der Waals surface area contributed by atoms with E-state index in [0.29, 0.717) is 17.0 Å². The van der Waals surface area contributed by atoms with Gasteiger partial charge in [0.25, 0.3) is 5.91 Å². The van der Waals surface area contributed by atoms with Crippen LogP contribution < -0.4 is 5.32 Å². The van der Waals surface area contributed by atoms with Gasteiger partial charge in [-0.15, -0.1) is 0 Å². The number of halogens is 1. The first-order valence-electron chi connectivity index (χ1n) is 8.44. The van der Waals surface area contributed by atoms with E-state index in [4.69, 9.17) is 11.6 Å². The zero-order valence-electron chi connectivity index (χ0n) is 14.7. The third kappa shape index (κ3) is 4.77. The topological polar surface area (TPSA) is 71.2 Å². The summed E-state index contributed by atoms with van der Waals surface area (Å²) in [7, 11) is 1.31. The van der Waals surface area contributed by atoms with Gasteiger partial charge in [0.2, 0.25) is 0 Å². The van der Waals surface area contributed by atoms with E-state index in [1.807, 2.05) is 36.4 Å². The first-order chi connectivity index (χ1) is 13.1. The summed E-state index contributed by atoms with van der Waals surface area (Å²) < 4.78 is 4.64. The monoisotopic (exact) mass is 382 g/mol. The molecule has 27 heavy (non-hydrogen) atoms. The molecule has 0 saturated carbocycles. The maximum absolute atomic E-state index is 12.8. The molecule has 2 N–H and O–H groups in total. The van der Waals surface area contributed by atoms with Gasteiger partial charge in [-0.1, -0.05) is 48.0 Å². The number of benzene rings is 2. The summed E-state index contributed by atoms with van der Waals surface area (Å²) in [5, 5.41) is 4.27. The number of aromatic nitrogens is 1. The summed E-state index contributed by atoms with van der Waals surface area (Å²) >= 11 is 6.06. The SMILES string of the molecule is COC(=O)/C=C/[C@H](Cc1ccccc1)NC(=O)c1c[nH]c2ccc(Cl)cc12. The largest absolute Gasteiger partial charge is 0.466 e. The molecule has 0 fully saturated rings. The molecule has 3 rings (SSSR count). The number of nitrogens with one attached hydrogen (secondary N) is 2. The molecule has 0 radical (unpaired) electrons. The molecule has 5 nitrogen and oxygen atoms in total. The van der Waals surface area contributed by atoms with E-state index in [2.05, 4.69) is 15.0 Å². The summed E-state index contributed by atoms with van der Waals surface area (Å²) in [6.45, 7) is 0. The van der Waals surface area contributed by atoms with Gasteiger partial charge in [0.1, 0.15) is 0 Å². The lowest BCUT2D eigenvalue weighted by molar-refractivity contribution is -0.134. The van der Waals surface area contributed by atoms with E-state index in [-0.39, 0.29) is 11.9 Å². The average molecular weight is 383 g/mol. The van der Waals surface area contributed by atoms with E-state index in [1.54, 1.807) is 24.4 Å². The molecule has 6 heteroatoms. The van der Waals surface area contributed by atoms with Crippen molar-refractivity contribution in [1.29, 1.82) is 0 Å². The molecular formula is C21H19ClN2O3. The maximum Gasteiger partial charge on any atom is 0.330 e. The summed E-state index contributed by atoms with van der Waals surface area (Å²) in [6, 6.07) is 14.7. The van der Waals surface area contributed by atoms with E-state index in [0.717, 1.165) is 16.5 Å². The highest BCUT2D eigenvalue weighted by molar-refractivity contribution is 6.31. The first kappa shape index (κ1) is 18.7. The fourth-order valence-corrected chi connectivity index (χ4v) is 3.00. The van der Waals surface area contributed by atoms with Gasteiger partial charge in [-0.25, -0.2) is 4.79 Å². The van der Waals surface area contributed by atoms with Crippen LogP contribution in [0.5, 0.6) is 0 Å². The summed E-state index contributed by atoms with van der Waals surface area (Å²) in [4.78, 5) is 27.3. The first-order valence-corrected chi connectivity index (χ1v) is 8.82. The number of amides is 1. The van der Waals surface area contributed by atoms with Crippen LogP contribution in [0.4, 0.5) is 0 Å². The molecule has 0 bridgehead atoms. The Morgan fingerprint density at radius 2 is 2.00 bits per heavy atom. The predicted molar refractivity (Wildman–Crippen MR) is 106 cm³/mol. The van der Waals surface area contributed by atoms with Gasteiger partial charge in [-0.3, -0.25) is 4.79 Å². The highest BCUT2D eigenvalue weighted by atomic mass is 35.5. The lowest BCUT2D eigenvalue weighted by atomic mass is 10.0. The van der Waals surface area contributed by atoms with Crippen LogP contribution in [0, 0.1) is 0 Å². The molecule has 1 atom stereocenters. The number of H-pyrrole nitrogens is 1. The molecule has 1 heterocycles. The number of esters is 1. The number of fused-ring (bicyclic) bond motifs is 1. The molecule has 0 saturated heterocycles. The van der Waals surface area contributed by atoms with Crippen molar-refractivity contribution in [3.63, 3.8) is 0 Å². The zero-order valence-corrected chi connectivity index (χ0v) is 15.5. The van der Waals surface area contributed by atoms with Crippen LogP contribution in [0.3, 0.4) is 0 Å². The summed E-state index contributed by atoms with van der Waals surface area (Å²) in [5.74, 6) is -0.722. The second-order valence-corrected chi connectivity index (χ2v) is 6.48. The number of hydrogen-bond donors (Lipinski definition) is 2. The molecule has 0 spiro atoms. The van der Waals surface area contributed by atoms with Gasteiger partial charge in [-0.2, -0.15) is 0 Å². The Hall–Kier alpha value is -3.05. The van der Waals surface area contributed by atoms with Gasteiger partial charge in [0.05, 0.1) is 18.7 Å². The quantitative estimate of drug-likeness (QED) is 0.502. The molecule has 0 aliphatic rings. The number of carbonyl (C=O) groups excluding carboxylic acids is 2. The van der Waals surface area contributed by atoms with E-state index in [1.165, 1.54) is 13.2 Å². The van der Waals surface area contributed by atoms with Crippen LogP contribution in [0.1, 0.15) is 15.9 Å². The summed E-state index contributed by atoms with van der Waals surface area (Å²) in [5.41, 5.74) is 2.37. The Balaban J connectivity index is 1.83. The molecule has 3 aromatic rings. The van der Waals surface area contributed by atoms with E-state index >= 15 is 0 Å². The van der Waals surface area contributed by atoms with Crippen LogP contribution in [-0.4, -0.2) is 30.0 Å². The van der Waals surface area contributed by atoms with Crippen LogP contribution >= 0.6 is 11.6 Å². The Labute approximate surface area is 162 Å². The molecule has 138 valence electrons. The fourth-order valence-electron chi connectivity index (χ4n) is 2.82. The van der Waals surface area contributed by atoms with E-state index < -0.39 is 5.97 Å². The van der Waals surface area contributed by atoms with Crippen LogP contribution in [0.25, 0.3) is 10.9 Å². The Kier molecular flexibility index (Phi) is 5.94. The summed E-state index contributed by atoms with van der Waals surface area (Å²) in [6.07, 6.45) is 5.15. The van der Waals surface area contributed by atoms with Gasteiger partial charge in [0, 0.05) is 28.2 Å². The smallest absolute Gasteiger partial charge is 0.330 e. The van der Waals surface area contributed by atoms with Crippen LogP contribution in [-0.2, 0) is 16.0 Å². The second-order valence-electron chi connectivity index (χ2n) is 6.04. The number of hydrogen-bond acceptors (Lipinski definition) is 3. The van der Waals surface area contributed by atoms with Crippen molar-refractivity contribution in [1.82, 2.24) is 10.3 Å². The molecule has 1 amide bonds. The molecule has 0 unspecified atom stereocenters. The predicted octanol–water partition coefficient (Wildman–Crippen LogP) is 3.89. The Morgan fingerprint density at radius 3 is 2.74 bits per heavy atom. The number of methoxy groups -OCH3 is 1. The molecule has 1 aromatic heterocycles. The molecule has 0 aliphatic heterocycles. The standard InChI is InChI=1S/C21H19ClN2O3/c1-27-20(25)10-8-16(11-14-5-3-2-4-6-14)24-21(26)18-13-23-19-9-7-15(22)12-17(18)19/h2-10,12-13,16,23H,11H2,1H3,(H,24,26)/b10-8+/t16-/m1/s1. The lowest BCUT2D eigenvalue weighted by Gasteiger charge is -2.15. The molecule has 0 aliphatic carbocycles. The van der Waals surface area contributed by atoms with E-state index in [9.17, 15) is 9.59 Å². The van der Waals surface area contributed by atoms with Crippen molar-refractivity contribution < 1.29 is 14.3 Å². The van der Waals surface area contributed by atoms with Gasteiger partial charge in [0.15, 0.2) is 0 Å². The van der Waals surface area contributed by atoms with Gasteiger partial charge < -0.3 is 15.0 Å². The third-order valence-corrected chi connectivity index (χ3v) is 4.40. The molecule has 2 aromatic carbocycles. The minimum Gasteiger partial charge on any atom is -0.466 e. The number of rotatable bonds is 6. The van der Waals surface area contributed by atoms with Crippen molar-refractivity contribution in [3.8, 4) is 0 Å². The Morgan fingerprint density at radius 1 is 1.22 bits per heavy atom. The number of ether oxygens (including phenoxy) is 1. The fraction of sp³-hybridized carbons (Fsp3) is 0.143. The van der Waals surface area contributed by atoms with Crippen molar-refractivity contribution in [3.05, 3.63) is 83.0 Å². The second kappa shape index (κ2) is 8.56. The lowest BCUT2D eigenvalue weighted by Crippen LogP contribution is -2.35. The zero-order chi connectivity index (χ0) is 19.2. The highest BCUT2D eigenvalue weighted by Crippen LogP contribution is 2.22. The minimum atomic E-state index is -0.471. The maximum atomic E-state index is 12.8. The van der Waals surface area contributed by atoms with Crippen molar-refractivity contribution >= 4 is 34.4 Å². The normalized spacial score (nSPS) is 12.2. The van der Waals surface area contributed by atoms with Crippen LogP contribution in [0.2, 0.25) is 5.02 Å². The number of aromatic amines is 1. The highest BCUT2D eigenvalue weighted by Gasteiger charge is 2.16. The van der Waals surface area contributed by atoms with Crippen molar-refractivity contribution in [2.45, 2.75) is 12.5 Å². The number of carbonyl (C=O) groups is 2. The van der Waals surface area contributed by atoms with Crippen molar-refractivity contribution in [2.24, 2.45) is 0 Å². The van der Waals surface area contributed by atoms with Gasteiger partial charge >= 0.3 is 5.97 Å². The van der Waals surface area contributed by atoms with Crippen LogP contribution in [0.15, 0.2) is 66.9 Å². The minimum absolute atomic E-state index is 0.251. The Bertz CT molecular complexity index is 980. The molecular weight excluding hydrogens is 364 g/mol. The third-order valence-electron chi connectivity index (χ3n) is 4.17. The van der Waals surface area contributed by atoms with Gasteiger partial charge in [-0.05, 0) is 30.2 Å².